The third-order valence-electron chi connectivity index (χ3n) is 3.60. The lowest BCUT2D eigenvalue weighted by atomic mass is 10.1. The van der Waals surface area contributed by atoms with Crippen LogP contribution < -0.4 is 9.47 Å². The van der Waals surface area contributed by atoms with Crippen LogP contribution in [0.4, 0.5) is 4.39 Å². The zero-order valence-electron chi connectivity index (χ0n) is 13.2. The minimum absolute atomic E-state index is 0.373. The number of aliphatic hydroxyl groups excluding tert-OH is 1. The fraction of sp³-hybridized carbons (Fsp3) is 0.167. The molecular weight excluding hydrogens is 329 g/mol. The summed E-state index contributed by atoms with van der Waals surface area (Å²) < 4.78 is 23.7. The molecule has 1 N–H and O–H groups in total. The molecule has 1 aromatic heterocycles. The van der Waals surface area contributed by atoms with Crippen molar-refractivity contribution in [2.45, 2.75) is 6.10 Å². The molecule has 0 aliphatic rings. The van der Waals surface area contributed by atoms with Gasteiger partial charge in [0.2, 0.25) is 0 Å². The molecule has 0 radical (unpaired) electrons. The summed E-state index contributed by atoms with van der Waals surface area (Å²) in [5.41, 5.74) is 2.01. The predicted molar refractivity (Wildman–Crippen MR) is 91.1 cm³/mol. The second-order valence-corrected chi connectivity index (χ2v) is 5.98. The molecule has 6 heteroatoms. The maximum atomic E-state index is 13.3. The van der Waals surface area contributed by atoms with Crippen molar-refractivity contribution in [2.24, 2.45) is 0 Å². The van der Waals surface area contributed by atoms with Gasteiger partial charge in [0.15, 0.2) is 0 Å². The molecule has 2 aromatic carbocycles. The summed E-state index contributed by atoms with van der Waals surface area (Å²) in [4.78, 5) is 4.48. The predicted octanol–water partition coefficient (Wildman–Crippen LogP) is 4.05. The van der Waals surface area contributed by atoms with Gasteiger partial charge < -0.3 is 14.6 Å². The van der Waals surface area contributed by atoms with Gasteiger partial charge in [0.25, 0.3) is 0 Å². The van der Waals surface area contributed by atoms with Gasteiger partial charge in [-0.3, -0.25) is 0 Å². The highest BCUT2D eigenvalue weighted by Gasteiger charge is 2.17. The van der Waals surface area contributed by atoms with Crippen molar-refractivity contribution in [2.75, 3.05) is 14.2 Å². The van der Waals surface area contributed by atoms with Crippen molar-refractivity contribution in [1.82, 2.24) is 4.98 Å². The van der Waals surface area contributed by atoms with Gasteiger partial charge in [-0.2, -0.15) is 0 Å². The highest BCUT2D eigenvalue weighted by Crippen LogP contribution is 2.34. The number of halogens is 1. The van der Waals surface area contributed by atoms with Gasteiger partial charge in [0.05, 0.1) is 19.9 Å². The van der Waals surface area contributed by atoms with Crippen LogP contribution in [0.1, 0.15) is 16.7 Å². The molecule has 0 amide bonds. The minimum atomic E-state index is -0.856. The Balaban J connectivity index is 1.93. The van der Waals surface area contributed by atoms with E-state index in [4.69, 9.17) is 9.47 Å². The molecule has 0 spiro atoms. The summed E-state index contributed by atoms with van der Waals surface area (Å²) in [6.45, 7) is 0. The van der Waals surface area contributed by atoms with Crippen molar-refractivity contribution in [3.8, 4) is 22.8 Å². The smallest absolute Gasteiger partial charge is 0.131 e. The fourth-order valence-corrected chi connectivity index (χ4v) is 3.20. The average molecular weight is 345 g/mol. The lowest BCUT2D eigenvalue weighted by Crippen LogP contribution is -1.99. The largest absolute Gasteiger partial charge is 0.497 e. The number of rotatable bonds is 5. The Morgan fingerprint density at radius 3 is 2.71 bits per heavy atom. The molecule has 24 heavy (non-hydrogen) atoms. The summed E-state index contributed by atoms with van der Waals surface area (Å²) in [6.07, 6.45) is -0.856. The Morgan fingerprint density at radius 2 is 1.96 bits per heavy atom. The van der Waals surface area contributed by atoms with Crippen LogP contribution in [0.5, 0.6) is 11.5 Å². The van der Waals surface area contributed by atoms with Gasteiger partial charge in [0, 0.05) is 17.0 Å². The number of benzene rings is 2. The highest BCUT2D eigenvalue weighted by atomic mass is 32.1. The standard InChI is InChI=1S/C18H16FNO3S/c1-22-13-5-3-4-11(8-13)17(21)18-20-15(10-24-18)14-7-6-12(19)9-16(14)23-2/h3-10,17,21H,1-2H3. The van der Waals surface area contributed by atoms with Crippen LogP contribution in [0.3, 0.4) is 0 Å². The average Bonchev–Trinajstić information content (AvgIpc) is 3.10. The van der Waals surface area contributed by atoms with Gasteiger partial charge in [0.1, 0.15) is 28.4 Å². The Labute approximate surface area is 143 Å². The molecule has 1 atom stereocenters. The van der Waals surface area contributed by atoms with E-state index in [-0.39, 0.29) is 5.82 Å². The lowest BCUT2D eigenvalue weighted by molar-refractivity contribution is 0.219. The maximum Gasteiger partial charge on any atom is 0.131 e. The molecular formula is C18H16FNO3S. The zero-order chi connectivity index (χ0) is 17.1. The zero-order valence-corrected chi connectivity index (χ0v) is 14.0. The second-order valence-electron chi connectivity index (χ2n) is 5.09. The molecule has 0 bridgehead atoms. The third kappa shape index (κ3) is 3.25. The second kappa shape index (κ2) is 6.98. The van der Waals surface area contributed by atoms with E-state index in [0.717, 1.165) is 0 Å². The number of thiazole rings is 1. The van der Waals surface area contributed by atoms with Crippen molar-refractivity contribution in [3.63, 3.8) is 0 Å². The molecule has 0 fully saturated rings. The molecule has 0 saturated heterocycles. The quantitative estimate of drug-likeness (QED) is 0.758. The van der Waals surface area contributed by atoms with Crippen molar-refractivity contribution in [1.29, 1.82) is 0 Å². The molecule has 3 aromatic rings. The molecule has 1 unspecified atom stereocenters. The molecule has 0 saturated carbocycles. The monoisotopic (exact) mass is 345 g/mol. The number of nitrogens with zero attached hydrogens (tertiary/aromatic N) is 1. The van der Waals surface area contributed by atoms with Crippen LogP contribution >= 0.6 is 11.3 Å². The number of aliphatic hydroxyl groups is 1. The Kier molecular flexibility index (Phi) is 4.78. The van der Waals surface area contributed by atoms with Crippen molar-refractivity contribution >= 4 is 11.3 Å². The highest BCUT2D eigenvalue weighted by molar-refractivity contribution is 7.10. The summed E-state index contributed by atoms with van der Waals surface area (Å²) in [5, 5.41) is 12.9. The van der Waals surface area contributed by atoms with E-state index in [1.165, 1.54) is 30.6 Å². The topological polar surface area (TPSA) is 51.6 Å². The van der Waals surface area contributed by atoms with Crippen LogP contribution in [0.2, 0.25) is 0 Å². The Hall–Kier alpha value is -2.44. The number of ether oxygens (including phenoxy) is 2. The normalized spacial score (nSPS) is 12.0. The first kappa shape index (κ1) is 16.4. The van der Waals surface area contributed by atoms with E-state index in [2.05, 4.69) is 4.98 Å². The van der Waals surface area contributed by atoms with Gasteiger partial charge in [-0.15, -0.1) is 11.3 Å². The molecule has 124 valence electrons. The first-order valence-electron chi connectivity index (χ1n) is 7.23. The number of hydrogen-bond donors (Lipinski definition) is 1. The van der Waals surface area contributed by atoms with E-state index in [0.29, 0.717) is 33.3 Å². The summed E-state index contributed by atoms with van der Waals surface area (Å²) >= 11 is 1.33. The fourth-order valence-electron chi connectivity index (χ4n) is 2.37. The van der Waals surface area contributed by atoms with Crippen LogP contribution in [0.15, 0.2) is 47.8 Å². The Bertz CT molecular complexity index is 850. The lowest BCUT2D eigenvalue weighted by Gasteiger charge is -2.09. The Morgan fingerprint density at radius 1 is 1.12 bits per heavy atom. The van der Waals surface area contributed by atoms with Gasteiger partial charge in [-0.05, 0) is 29.8 Å². The van der Waals surface area contributed by atoms with E-state index in [1.807, 2.05) is 23.6 Å². The van der Waals surface area contributed by atoms with Gasteiger partial charge in [-0.25, -0.2) is 9.37 Å². The number of hydrogen-bond acceptors (Lipinski definition) is 5. The summed E-state index contributed by atoms with van der Waals surface area (Å²) in [7, 11) is 3.06. The van der Waals surface area contributed by atoms with Crippen LogP contribution in [0.25, 0.3) is 11.3 Å². The molecule has 0 aliphatic carbocycles. The van der Waals surface area contributed by atoms with Gasteiger partial charge in [-0.1, -0.05) is 12.1 Å². The molecule has 1 heterocycles. The summed E-state index contributed by atoms with van der Waals surface area (Å²) in [5.74, 6) is 0.703. The maximum absolute atomic E-state index is 13.3. The SMILES string of the molecule is COc1cccc(C(O)c2nc(-c3ccc(F)cc3OC)cs2)c1. The van der Waals surface area contributed by atoms with E-state index < -0.39 is 6.10 Å². The third-order valence-corrected chi connectivity index (χ3v) is 4.50. The number of aromatic nitrogens is 1. The molecule has 3 rings (SSSR count). The number of methoxy groups -OCH3 is 2. The minimum Gasteiger partial charge on any atom is -0.497 e. The van der Waals surface area contributed by atoms with E-state index in [1.54, 1.807) is 19.2 Å². The van der Waals surface area contributed by atoms with Crippen LogP contribution in [-0.2, 0) is 0 Å². The van der Waals surface area contributed by atoms with Gasteiger partial charge >= 0.3 is 0 Å². The van der Waals surface area contributed by atoms with Crippen LogP contribution in [0, 0.1) is 5.82 Å². The van der Waals surface area contributed by atoms with Crippen molar-refractivity contribution in [3.05, 3.63) is 64.2 Å². The first-order valence-corrected chi connectivity index (χ1v) is 8.11. The van der Waals surface area contributed by atoms with Crippen molar-refractivity contribution < 1.29 is 19.0 Å². The summed E-state index contributed by atoms with van der Waals surface area (Å²) in [6, 6.07) is 11.5. The molecule has 4 nitrogen and oxygen atoms in total. The van der Waals surface area contributed by atoms with Crippen LogP contribution in [-0.4, -0.2) is 24.3 Å². The molecule has 0 aliphatic heterocycles. The van der Waals surface area contributed by atoms with E-state index >= 15 is 0 Å². The van der Waals surface area contributed by atoms with E-state index in [9.17, 15) is 9.50 Å². The first-order chi connectivity index (χ1) is 11.6.